The van der Waals surface area contributed by atoms with Crippen molar-refractivity contribution in [2.24, 2.45) is 5.92 Å². The molecule has 1 fully saturated rings. The minimum atomic E-state index is -2.00. The Morgan fingerprint density at radius 3 is 2.64 bits per heavy atom. The highest BCUT2D eigenvalue weighted by Gasteiger charge is 2.48. The van der Waals surface area contributed by atoms with Crippen LogP contribution in [0.4, 0.5) is 4.39 Å². The van der Waals surface area contributed by atoms with Crippen LogP contribution in [-0.4, -0.2) is 33.5 Å². The maximum Gasteiger partial charge on any atom is 0.217 e. The quantitative estimate of drug-likeness (QED) is 0.584. The Balaban J connectivity index is 2.47. The molecule has 0 aromatic heterocycles. The normalized spacial score (nSPS) is 26.2. The van der Waals surface area contributed by atoms with Crippen LogP contribution in [0.25, 0.3) is 0 Å². The van der Waals surface area contributed by atoms with Crippen molar-refractivity contribution in [2.75, 3.05) is 13.2 Å². The van der Waals surface area contributed by atoms with Gasteiger partial charge < -0.3 is 14.5 Å². The summed E-state index contributed by atoms with van der Waals surface area (Å²) >= 11 is 3.44. The molecular formula is C21H33BrFNO3Si. The molecule has 3 atom stereocenters. The van der Waals surface area contributed by atoms with Gasteiger partial charge in [-0.25, -0.2) is 4.39 Å². The van der Waals surface area contributed by atoms with Crippen molar-refractivity contribution in [3.8, 4) is 0 Å². The molecule has 28 heavy (non-hydrogen) atoms. The second kappa shape index (κ2) is 8.54. The van der Waals surface area contributed by atoms with Gasteiger partial charge in [-0.05, 0) is 49.7 Å². The zero-order chi connectivity index (χ0) is 21.3. The zero-order valence-corrected chi connectivity index (χ0v) is 20.6. The van der Waals surface area contributed by atoms with Crippen molar-refractivity contribution in [3.63, 3.8) is 0 Å². The number of hydrogen-bond acceptors (Lipinski definition) is 3. The second-order valence-electron chi connectivity index (χ2n) is 9.40. The van der Waals surface area contributed by atoms with Crippen molar-refractivity contribution < 1.29 is 18.3 Å². The summed E-state index contributed by atoms with van der Waals surface area (Å²) in [6.45, 7) is 15.1. The van der Waals surface area contributed by atoms with E-state index in [-0.39, 0.29) is 35.4 Å². The van der Waals surface area contributed by atoms with E-state index in [9.17, 15) is 9.18 Å². The molecule has 1 saturated heterocycles. The van der Waals surface area contributed by atoms with E-state index in [1.165, 1.54) is 13.0 Å². The smallest absolute Gasteiger partial charge is 0.217 e. The number of halogens is 2. The summed E-state index contributed by atoms with van der Waals surface area (Å²) in [6.07, 6.45) is 0.700. The minimum Gasteiger partial charge on any atom is -0.416 e. The SMILES string of the molecule is CC(=O)N[C@@]1(c2cc(Br)ccc2F)CO[C@@H](C)C[C@H]1CO[Si](C)(C)C(C)(C)C. The highest BCUT2D eigenvalue weighted by molar-refractivity contribution is 9.10. The summed E-state index contributed by atoms with van der Waals surface area (Å²) in [4.78, 5) is 12.1. The molecular weight excluding hydrogens is 441 g/mol. The van der Waals surface area contributed by atoms with Gasteiger partial charge >= 0.3 is 0 Å². The standard InChI is InChI=1S/C21H33BrFNO3Si/c1-14-10-16(12-27-28(6,7)20(3,4)5)21(13-26-14,24-15(2)25)18-11-17(22)8-9-19(18)23/h8-9,11,14,16H,10,12-13H2,1-7H3,(H,24,25)/t14-,16-,21-/m0/s1. The van der Waals surface area contributed by atoms with E-state index in [2.05, 4.69) is 55.1 Å². The fourth-order valence-electron chi connectivity index (χ4n) is 3.45. The third kappa shape index (κ3) is 5.04. The molecule has 1 heterocycles. The van der Waals surface area contributed by atoms with Gasteiger partial charge in [0.1, 0.15) is 5.82 Å². The number of rotatable bonds is 5. The van der Waals surface area contributed by atoms with Crippen LogP contribution < -0.4 is 5.32 Å². The van der Waals surface area contributed by atoms with E-state index >= 15 is 0 Å². The van der Waals surface area contributed by atoms with Gasteiger partial charge in [0.05, 0.1) is 18.2 Å². The van der Waals surface area contributed by atoms with Crippen molar-refractivity contribution in [2.45, 2.75) is 70.8 Å². The summed E-state index contributed by atoms with van der Waals surface area (Å²) in [6, 6.07) is 4.82. The van der Waals surface area contributed by atoms with E-state index < -0.39 is 13.9 Å². The molecule has 1 N–H and O–H groups in total. The average Bonchev–Trinajstić information content (AvgIpc) is 2.56. The third-order valence-electron chi connectivity index (χ3n) is 6.17. The number of nitrogens with one attached hydrogen (secondary N) is 1. The fourth-order valence-corrected chi connectivity index (χ4v) is 4.87. The Morgan fingerprint density at radius 2 is 2.07 bits per heavy atom. The first-order valence-corrected chi connectivity index (χ1v) is 13.5. The topological polar surface area (TPSA) is 47.6 Å². The molecule has 1 aromatic carbocycles. The first-order chi connectivity index (χ1) is 12.8. The number of carbonyl (C=O) groups is 1. The van der Waals surface area contributed by atoms with Gasteiger partial charge in [-0.2, -0.15) is 0 Å². The van der Waals surface area contributed by atoms with E-state index in [0.29, 0.717) is 18.6 Å². The van der Waals surface area contributed by atoms with Crippen molar-refractivity contribution in [1.29, 1.82) is 0 Å². The lowest BCUT2D eigenvalue weighted by molar-refractivity contribution is -0.129. The van der Waals surface area contributed by atoms with Crippen LogP contribution in [0.2, 0.25) is 18.1 Å². The lowest BCUT2D eigenvalue weighted by atomic mass is 9.74. The van der Waals surface area contributed by atoms with Crippen LogP contribution in [0.3, 0.4) is 0 Å². The molecule has 0 aliphatic carbocycles. The molecule has 7 heteroatoms. The van der Waals surface area contributed by atoms with Crippen LogP contribution >= 0.6 is 15.9 Å². The van der Waals surface area contributed by atoms with Crippen LogP contribution in [0, 0.1) is 11.7 Å². The monoisotopic (exact) mass is 473 g/mol. The Bertz CT molecular complexity index is 722. The summed E-state index contributed by atoms with van der Waals surface area (Å²) in [5, 5.41) is 3.11. The van der Waals surface area contributed by atoms with Crippen LogP contribution in [0.15, 0.2) is 22.7 Å². The first-order valence-electron chi connectivity index (χ1n) is 9.78. The highest BCUT2D eigenvalue weighted by atomic mass is 79.9. The van der Waals surface area contributed by atoms with Gasteiger partial charge in [-0.1, -0.05) is 36.7 Å². The Morgan fingerprint density at radius 1 is 1.43 bits per heavy atom. The number of hydrogen-bond donors (Lipinski definition) is 1. The predicted octanol–water partition coefficient (Wildman–Crippen LogP) is 5.37. The summed E-state index contributed by atoms with van der Waals surface area (Å²) in [5.41, 5.74) is -0.526. The Hall–Kier alpha value is -0.763. The third-order valence-corrected chi connectivity index (χ3v) is 11.2. The van der Waals surface area contributed by atoms with Gasteiger partial charge in [0.2, 0.25) is 5.91 Å². The largest absolute Gasteiger partial charge is 0.416 e. The molecule has 2 rings (SSSR count). The number of benzene rings is 1. The second-order valence-corrected chi connectivity index (χ2v) is 15.1. The molecule has 0 unspecified atom stereocenters. The molecule has 1 amide bonds. The van der Waals surface area contributed by atoms with Gasteiger partial charge in [-0.15, -0.1) is 0 Å². The summed E-state index contributed by atoms with van der Waals surface area (Å²) < 4.78 is 28.1. The molecule has 0 saturated carbocycles. The summed E-state index contributed by atoms with van der Waals surface area (Å²) in [7, 11) is -2.00. The summed E-state index contributed by atoms with van der Waals surface area (Å²) in [5.74, 6) is -0.666. The van der Waals surface area contributed by atoms with Crippen molar-refractivity contribution >= 4 is 30.2 Å². The van der Waals surface area contributed by atoms with Gasteiger partial charge in [0, 0.05) is 29.5 Å². The average molecular weight is 474 g/mol. The first kappa shape index (κ1) is 23.5. The molecule has 0 bridgehead atoms. The Labute approximate surface area is 177 Å². The van der Waals surface area contributed by atoms with Crippen LogP contribution in [-0.2, 0) is 19.5 Å². The van der Waals surface area contributed by atoms with Gasteiger partial charge in [0.25, 0.3) is 0 Å². The highest BCUT2D eigenvalue weighted by Crippen LogP contribution is 2.42. The van der Waals surface area contributed by atoms with Crippen molar-refractivity contribution in [3.05, 3.63) is 34.1 Å². The molecule has 1 aromatic rings. The predicted molar refractivity (Wildman–Crippen MR) is 116 cm³/mol. The molecule has 1 aliphatic heterocycles. The van der Waals surface area contributed by atoms with Gasteiger partial charge in [0.15, 0.2) is 8.32 Å². The van der Waals surface area contributed by atoms with E-state index in [1.807, 2.05) is 6.92 Å². The fraction of sp³-hybridized carbons (Fsp3) is 0.667. The minimum absolute atomic E-state index is 0.0186. The van der Waals surface area contributed by atoms with E-state index in [4.69, 9.17) is 9.16 Å². The van der Waals surface area contributed by atoms with Crippen LogP contribution in [0.5, 0.6) is 0 Å². The van der Waals surface area contributed by atoms with Crippen molar-refractivity contribution in [1.82, 2.24) is 5.32 Å². The van der Waals surface area contributed by atoms with E-state index in [1.54, 1.807) is 12.1 Å². The lowest BCUT2D eigenvalue weighted by Crippen LogP contribution is -2.60. The van der Waals surface area contributed by atoms with E-state index in [0.717, 1.165) is 4.47 Å². The molecule has 0 spiro atoms. The molecule has 4 nitrogen and oxygen atoms in total. The van der Waals surface area contributed by atoms with Gasteiger partial charge in [-0.3, -0.25) is 4.79 Å². The molecule has 158 valence electrons. The maximum absolute atomic E-state index is 14.9. The maximum atomic E-state index is 14.9. The zero-order valence-electron chi connectivity index (χ0n) is 18.0. The number of ether oxygens (including phenoxy) is 1. The lowest BCUT2D eigenvalue weighted by Gasteiger charge is -2.48. The molecule has 1 aliphatic rings. The number of carbonyl (C=O) groups excluding carboxylic acids is 1. The Kier molecular flexibility index (Phi) is 7.17. The molecule has 0 radical (unpaired) electrons. The number of amides is 1. The van der Waals surface area contributed by atoms with Crippen LogP contribution in [0.1, 0.15) is 46.6 Å².